The number of aromatic nitrogens is 2. The Kier molecular flexibility index (Phi) is 7.62. The summed E-state index contributed by atoms with van der Waals surface area (Å²) < 4.78 is 7.55. The molecule has 20 heavy (non-hydrogen) atoms. The van der Waals surface area contributed by atoms with E-state index >= 15 is 0 Å². The van der Waals surface area contributed by atoms with Crippen molar-refractivity contribution in [3.8, 4) is 5.75 Å². The summed E-state index contributed by atoms with van der Waals surface area (Å²) in [6.45, 7) is 10.8. The first-order valence-electron chi connectivity index (χ1n) is 7.70. The molecular formula is C15H30N4O. The predicted molar refractivity (Wildman–Crippen MR) is 83.3 cm³/mol. The van der Waals surface area contributed by atoms with Gasteiger partial charge in [0.15, 0.2) is 5.75 Å². The number of nitrogens with zero attached hydrogens (tertiary/aromatic N) is 3. The molecule has 0 bridgehead atoms. The van der Waals surface area contributed by atoms with E-state index in [2.05, 4.69) is 40.8 Å². The maximum Gasteiger partial charge on any atom is 0.161 e. The van der Waals surface area contributed by atoms with Gasteiger partial charge in [0.25, 0.3) is 0 Å². The molecule has 0 radical (unpaired) electrons. The van der Waals surface area contributed by atoms with Crippen LogP contribution in [0.4, 0.5) is 0 Å². The predicted octanol–water partition coefficient (Wildman–Crippen LogP) is 2.29. The minimum atomic E-state index is 0.277. The molecule has 0 fully saturated rings. The molecule has 1 aromatic rings. The van der Waals surface area contributed by atoms with Crippen LogP contribution < -0.4 is 10.1 Å². The molecular weight excluding hydrogens is 252 g/mol. The summed E-state index contributed by atoms with van der Waals surface area (Å²) in [7, 11) is 3.73. The average molecular weight is 282 g/mol. The van der Waals surface area contributed by atoms with Gasteiger partial charge in [-0.1, -0.05) is 20.8 Å². The lowest BCUT2D eigenvalue weighted by molar-refractivity contribution is 0.279. The van der Waals surface area contributed by atoms with E-state index in [1.165, 1.54) is 5.69 Å². The van der Waals surface area contributed by atoms with E-state index in [0.29, 0.717) is 0 Å². The maximum absolute atomic E-state index is 5.48. The monoisotopic (exact) mass is 282 g/mol. The van der Waals surface area contributed by atoms with Crippen molar-refractivity contribution in [3.05, 3.63) is 11.9 Å². The summed E-state index contributed by atoms with van der Waals surface area (Å²) in [5.41, 5.74) is 1.17. The van der Waals surface area contributed by atoms with E-state index in [9.17, 15) is 0 Å². The molecule has 0 saturated heterocycles. The van der Waals surface area contributed by atoms with E-state index in [4.69, 9.17) is 4.74 Å². The number of ether oxygens (including phenoxy) is 1. The zero-order chi connectivity index (χ0) is 15.0. The van der Waals surface area contributed by atoms with Crippen molar-refractivity contribution in [2.45, 2.75) is 46.2 Å². The van der Waals surface area contributed by atoms with Crippen molar-refractivity contribution in [1.82, 2.24) is 20.0 Å². The van der Waals surface area contributed by atoms with Crippen molar-refractivity contribution < 1.29 is 4.74 Å². The van der Waals surface area contributed by atoms with Crippen LogP contribution in [0.2, 0.25) is 0 Å². The second kappa shape index (κ2) is 8.97. The van der Waals surface area contributed by atoms with Gasteiger partial charge >= 0.3 is 0 Å². The van der Waals surface area contributed by atoms with Gasteiger partial charge in [0.2, 0.25) is 0 Å². The summed E-state index contributed by atoms with van der Waals surface area (Å²) in [6.07, 6.45) is 3.96. The highest BCUT2D eigenvalue weighted by Gasteiger charge is 2.20. The minimum Gasteiger partial charge on any atom is -0.493 e. The summed E-state index contributed by atoms with van der Waals surface area (Å²) >= 11 is 0. The Balaban J connectivity index is 2.84. The van der Waals surface area contributed by atoms with Gasteiger partial charge in [-0.15, -0.1) is 0 Å². The largest absolute Gasteiger partial charge is 0.493 e. The number of rotatable bonds is 10. The Labute approximate surface area is 123 Å². The maximum atomic E-state index is 5.48. The molecule has 0 aliphatic rings. The zero-order valence-electron chi connectivity index (χ0n) is 13.6. The number of methoxy groups -OCH3 is 1. The molecule has 0 spiro atoms. The molecule has 5 heteroatoms. The number of nitrogens with one attached hydrogen (secondary N) is 1. The average Bonchev–Trinajstić information content (AvgIpc) is 2.87. The third kappa shape index (κ3) is 4.21. The van der Waals surface area contributed by atoms with Gasteiger partial charge in [0, 0.05) is 6.54 Å². The van der Waals surface area contributed by atoms with Gasteiger partial charge in [-0.3, -0.25) is 4.68 Å². The van der Waals surface area contributed by atoms with Crippen molar-refractivity contribution in [2.24, 2.45) is 0 Å². The Hall–Kier alpha value is -1.07. The second-order valence-electron chi connectivity index (χ2n) is 4.98. The van der Waals surface area contributed by atoms with Crippen LogP contribution in [0, 0.1) is 0 Å². The molecule has 1 aromatic heterocycles. The topological polar surface area (TPSA) is 42.3 Å². The summed E-state index contributed by atoms with van der Waals surface area (Å²) in [5, 5.41) is 7.87. The van der Waals surface area contributed by atoms with E-state index < -0.39 is 0 Å². The number of hydrogen-bond donors (Lipinski definition) is 1. The molecule has 116 valence electrons. The van der Waals surface area contributed by atoms with E-state index in [0.717, 1.165) is 44.8 Å². The van der Waals surface area contributed by atoms with Gasteiger partial charge in [-0.05, 0) is 39.5 Å². The molecule has 0 amide bonds. The molecule has 0 saturated carbocycles. The van der Waals surface area contributed by atoms with Crippen LogP contribution in [0.1, 0.15) is 45.3 Å². The van der Waals surface area contributed by atoms with Crippen LogP contribution in [0.3, 0.4) is 0 Å². The highest BCUT2D eigenvalue weighted by molar-refractivity contribution is 5.28. The quantitative estimate of drug-likeness (QED) is 0.715. The van der Waals surface area contributed by atoms with Crippen LogP contribution in [0.25, 0.3) is 0 Å². The lowest BCUT2D eigenvalue weighted by atomic mass is 10.1. The van der Waals surface area contributed by atoms with E-state index in [-0.39, 0.29) is 6.04 Å². The highest BCUT2D eigenvalue weighted by Crippen LogP contribution is 2.27. The first kappa shape index (κ1) is 17.0. The van der Waals surface area contributed by atoms with Gasteiger partial charge in [0.05, 0.1) is 25.0 Å². The third-order valence-electron chi connectivity index (χ3n) is 3.81. The van der Waals surface area contributed by atoms with Crippen LogP contribution in [0.5, 0.6) is 5.75 Å². The fraction of sp³-hybridized carbons (Fsp3) is 0.800. The molecule has 1 heterocycles. The Morgan fingerprint density at radius 1 is 1.35 bits per heavy atom. The fourth-order valence-electron chi connectivity index (χ4n) is 2.55. The molecule has 0 aliphatic carbocycles. The molecule has 0 aromatic carbocycles. The molecule has 5 nitrogen and oxygen atoms in total. The van der Waals surface area contributed by atoms with Gasteiger partial charge in [-0.2, -0.15) is 5.10 Å². The fourth-order valence-corrected chi connectivity index (χ4v) is 2.55. The van der Waals surface area contributed by atoms with Gasteiger partial charge < -0.3 is 15.0 Å². The van der Waals surface area contributed by atoms with Crippen molar-refractivity contribution >= 4 is 0 Å². The first-order valence-corrected chi connectivity index (χ1v) is 7.70. The summed E-state index contributed by atoms with van der Waals surface area (Å²) in [5.74, 6) is 0.886. The molecule has 1 rings (SSSR count). The molecule has 1 N–H and O–H groups in total. The standard InChI is InChI=1S/C15H30N4O/c1-6-10-19-15(14(20-5)12-17-19)13(16-4)9-11-18(7-2)8-3/h12-13,16H,6-11H2,1-5H3. The smallest absolute Gasteiger partial charge is 0.161 e. The Bertz CT molecular complexity index is 374. The molecule has 1 atom stereocenters. The summed E-state index contributed by atoms with van der Waals surface area (Å²) in [4.78, 5) is 2.44. The van der Waals surface area contributed by atoms with Crippen molar-refractivity contribution in [1.29, 1.82) is 0 Å². The second-order valence-corrected chi connectivity index (χ2v) is 4.98. The lowest BCUT2D eigenvalue weighted by Crippen LogP contribution is -2.29. The van der Waals surface area contributed by atoms with Crippen LogP contribution in [0.15, 0.2) is 6.20 Å². The molecule has 1 unspecified atom stereocenters. The van der Waals surface area contributed by atoms with E-state index in [1.54, 1.807) is 7.11 Å². The van der Waals surface area contributed by atoms with Crippen molar-refractivity contribution in [2.75, 3.05) is 33.8 Å². The lowest BCUT2D eigenvalue weighted by Gasteiger charge is -2.23. The van der Waals surface area contributed by atoms with Gasteiger partial charge in [-0.25, -0.2) is 0 Å². The zero-order valence-corrected chi connectivity index (χ0v) is 13.6. The highest BCUT2D eigenvalue weighted by atomic mass is 16.5. The third-order valence-corrected chi connectivity index (χ3v) is 3.81. The normalized spacial score (nSPS) is 12.9. The van der Waals surface area contributed by atoms with Crippen LogP contribution in [-0.2, 0) is 6.54 Å². The Morgan fingerprint density at radius 2 is 2.05 bits per heavy atom. The molecule has 0 aliphatic heterocycles. The number of hydrogen-bond acceptors (Lipinski definition) is 4. The minimum absolute atomic E-state index is 0.277. The SMILES string of the molecule is CCCn1ncc(OC)c1C(CCN(CC)CC)NC. The summed E-state index contributed by atoms with van der Waals surface area (Å²) in [6, 6.07) is 0.277. The van der Waals surface area contributed by atoms with Crippen LogP contribution >= 0.6 is 0 Å². The van der Waals surface area contributed by atoms with Crippen LogP contribution in [-0.4, -0.2) is 48.5 Å². The van der Waals surface area contributed by atoms with E-state index in [1.807, 2.05) is 13.2 Å². The van der Waals surface area contributed by atoms with Gasteiger partial charge in [0.1, 0.15) is 0 Å². The first-order chi connectivity index (χ1) is 9.71. The number of aryl methyl sites for hydroxylation is 1. The van der Waals surface area contributed by atoms with Crippen molar-refractivity contribution in [3.63, 3.8) is 0 Å². The Morgan fingerprint density at radius 3 is 2.55 bits per heavy atom.